The van der Waals surface area contributed by atoms with Crippen molar-refractivity contribution < 1.29 is 27.7 Å². The van der Waals surface area contributed by atoms with Gasteiger partial charge in [0.15, 0.2) is 18.2 Å². The van der Waals surface area contributed by atoms with Gasteiger partial charge in [-0.1, -0.05) is 30.3 Å². The molecule has 28 heavy (non-hydrogen) atoms. The Balaban J connectivity index is 1.58. The summed E-state index contributed by atoms with van der Waals surface area (Å²) in [5.74, 6) is -0.376. The Bertz CT molecular complexity index is 944. The predicted molar refractivity (Wildman–Crippen MR) is 98.2 cm³/mol. The highest BCUT2D eigenvalue weighted by molar-refractivity contribution is 6.08. The van der Waals surface area contributed by atoms with Gasteiger partial charge in [-0.15, -0.1) is 0 Å². The first kappa shape index (κ1) is 19.2. The van der Waals surface area contributed by atoms with E-state index in [0.717, 1.165) is 0 Å². The van der Waals surface area contributed by atoms with Crippen LogP contribution in [0, 0.1) is 0 Å². The molecule has 1 heterocycles. The van der Waals surface area contributed by atoms with E-state index in [1.165, 1.54) is 24.3 Å². The van der Waals surface area contributed by atoms with Gasteiger partial charge in [0.1, 0.15) is 5.75 Å². The van der Waals surface area contributed by atoms with Gasteiger partial charge in [0.2, 0.25) is 6.54 Å². The molecule has 1 aromatic heterocycles. The van der Waals surface area contributed by atoms with Crippen molar-refractivity contribution in [2.75, 3.05) is 5.32 Å². The third-order valence-corrected chi connectivity index (χ3v) is 3.88. The van der Waals surface area contributed by atoms with Crippen molar-refractivity contribution in [2.24, 2.45) is 0 Å². The second kappa shape index (κ2) is 8.85. The normalized spacial score (nSPS) is 10.5. The molecular weight excluding hydrogens is 366 g/mol. The first-order chi connectivity index (χ1) is 13.5. The Morgan fingerprint density at radius 2 is 1.50 bits per heavy atom. The SMILES string of the molecule is O=C(C[n+]1ccc(C(=O)c2ccccc2)cc1)Nc1ccc(OC(F)F)cc1. The Morgan fingerprint density at radius 3 is 2.11 bits per heavy atom. The average molecular weight is 383 g/mol. The number of amides is 1. The molecule has 1 N–H and O–H groups in total. The number of benzene rings is 2. The number of pyridine rings is 1. The second-order valence-electron chi connectivity index (χ2n) is 5.91. The minimum absolute atomic E-state index is 0.0149. The third kappa shape index (κ3) is 5.20. The van der Waals surface area contributed by atoms with E-state index in [1.54, 1.807) is 53.4 Å². The van der Waals surface area contributed by atoms with Crippen LogP contribution in [-0.2, 0) is 11.3 Å². The van der Waals surface area contributed by atoms with Crippen molar-refractivity contribution >= 4 is 17.4 Å². The molecule has 0 aliphatic carbocycles. The fourth-order valence-corrected chi connectivity index (χ4v) is 2.56. The Kier molecular flexibility index (Phi) is 6.06. The number of halogens is 2. The molecule has 3 aromatic rings. The van der Waals surface area contributed by atoms with E-state index in [9.17, 15) is 18.4 Å². The molecule has 0 fully saturated rings. The highest BCUT2D eigenvalue weighted by atomic mass is 19.3. The largest absolute Gasteiger partial charge is 0.435 e. The van der Waals surface area contributed by atoms with E-state index in [0.29, 0.717) is 16.8 Å². The van der Waals surface area contributed by atoms with Gasteiger partial charge in [0.05, 0.1) is 0 Å². The van der Waals surface area contributed by atoms with E-state index in [1.807, 2.05) is 6.07 Å². The minimum Gasteiger partial charge on any atom is -0.435 e. The van der Waals surface area contributed by atoms with Crippen molar-refractivity contribution in [3.05, 3.63) is 90.3 Å². The zero-order chi connectivity index (χ0) is 19.9. The summed E-state index contributed by atoms with van der Waals surface area (Å²) in [7, 11) is 0. The van der Waals surface area contributed by atoms with Crippen molar-refractivity contribution in [1.29, 1.82) is 0 Å². The van der Waals surface area contributed by atoms with Gasteiger partial charge >= 0.3 is 6.61 Å². The number of alkyl halides is 2. The van der Waals surface area contributed by atoms with Gasteiger partial charge in [0.25, 0.3) is 5.91 Å². The molecule has 3 rings (SSSR count). The molecule has 0 saturated heterocycles. The molecule has 7 heteroatoms. The van der Waals surface area contributed by atoms with Gasteiger partial charge in [-0.05, 0) is 24.3 Å². The maximum atomic E-state index is 12.4. The van der Waals surface area contributed by atoms with E-state index >= 15 is 0 Å². The zero-order valence-electron chi connectivity index (χ0n) is 14.7. The molecule has 1 amide bonds. The number of ether oxygens (including phenoxy) is 1. The van der Waals surface area contributed by atoms with Crippen LogP contribution >= 0.6 is 0 Å². The number of nitrogens with zero attached hydrogens (tertiary/aromatic N) is 1. The third-order valence-electron chi connectivity index (χ3n) is 3.88. The number of rotatable bonds is 7. The van der Waals surface area contributed by atoms with Crippen LogP contribution in [0.2, 0.25) is 0 Å². The van der Waals surface area contributed by atoms with E-state index < -0.39 is 6.61 Å². The van der Waals surface area contributed by atoms with Crippen molar-refractivity contribution in [3.8, 4) is 5.75 Å². The first-order valence-corrected chi connectivity index (χ1v) is 8.45. The number of carbonyl (C=O) groups excluding carboxylic acids is 2. The standard InChI is InChI=1S/C21H16F2N2O3/c22-21(23)28-18-8-6-17(7-9-18)24-19(26)14-25-12-10-16(11-13-25)20(27)15-4-2-1-3-5-15/h1-13,21H,14H2/p+1. The molecule has 0 bridgehead atoms. The molecule has 5 nitrogen and oxygen atoms in total. The van der Waals surface area contributed by atoms with Gasteiger partial charge in [-0.3, -0.25) is 9.59 Å². The van der Waals surface area contributed by atoms with Crippen LogP contribution in [0.3, 0.4) is 0 Å². The highest BCUT2D eigenvalue weighted by Gasteiger charge is 2.13. The van der Waals surface area contributed by atoms with Gasteiger partial charge in [0, 0.05) is 28.9 Å². The lowest BCUT2D eigenvalue weighted by molar-refractivity contribution is -0.684. The quantitative estimate of drug-likeness (QED) is 0.502. The average Bonchev–Trinajstić information content (AvgIpc) is 2.70. The number of ketones is 1. The fourth-order valence-electron chi connectivity index (χ4n) is 2.56. The monoisotopic (exact) mass is 383 g/mol. The topological polar surface area (TPSA) is 59.3 Å². The molecule has 0 radical (unpaired) electrons. The fraction of sp³-hybridized carbons (Fsp3) is 0.0952. The Labute approximate surface area is 160 Å². The lowest BCUT2D eigenvalue weighted by atomic mass is 10.0. The number of hydrogen-bond acceptors (Lipinski definition) is 3. The number of aromatic nitrogens is 1. The maximum Gasteiger partial charge on any atom is 0.387 e. The molecule has 0 saturated carbocycles. The lowest BCUT2D eigenvalue weighted by Crippen LogP contribution is -2.39. The summed E-state index contributed by atoms with van der Waals surface area (Å²) in [6.07, 6.45) is 3.30. The van der Waals surface area contributed by atoms with Crippen LogP contribution in [0.15, 0.2) is 79.1 Å². The summed E-state index contributed by atoms with van der Waals surface area (Å²) in [4.78, 5) is 24.5. The van der Waals surface area contributed by atoms with Crippen LogP contribution < -0.4 is 14.6 Å². The van der Waals surface area contributed by atoms with Crippen LogP contribution in [0.25, 0.3) is 0 Å². The molecular formula is C21H17F2N2O3+. The summed E-state index contributed by atoms with van der Waals surface area (Å²) in [5, 5.41) is 2.66. The van der Waals surface area contributed by atoms with Gasteiger partial charge < -0.3 is 10.1 Å². The predicted octanol–water partition coefficient (Wildman–Crippen LogP) is 3.45. The minimum atomic E-state index is -2.89. The van der Waals surface area contributed by atoms with E-state index in [-0.39, 0.29) is 24.0 Å². The number of anilines is 1. The number of nitrogens with one attached hydrogen (secondary N) is 1. The molecule has 0 aliphatic heterocycles. The summed E-state index contributed by atoms with van der Waals surface area (Å²) in [6, 6.07) is 17.9. The maximum absolute atomic E-state index is 12.4. The molecule has 142 valence electrons. The number of hydrogen-bond donors (Lipinski definition) is 1. The van der Waals surface area contributed by atoms with Crippen molar-refractivity contribution in [1.82, 2.24) is 0 Å². The van der Waals surface area contributed by atoms with Crippen molar-refractivity contribution in [2.45, 2.75) is 13.2 Å². The second-order valence-corrected chi connectivity index (χ2v) is 5.91. The summed E-state index contributed by atoms with van der Waals surface area (Å²) in [6.45, 7) is -2.86. The zero-order valence-corrected chi connectivity index (χ0v) is 14.7. The summed E-state index contributed by atoms with van der Waals surface area (Å²) in [5.41, 5.74) is 1.58. The first-order valence-electron chi connectivity index (χ1n) is 8.45. The molecule has 0 aliphatic rings. The lowest BCUT2D eigenvalue weighted by Gasteiger charge is -2.06. The van der Waals surface area contributed by atoms with E-state index in [4.69, 9.17) is 0 Å². The van der Waals surface area contributed by atoms with Crippen LogP contribution in [0.5, 0.6) is 5.75 Å². The molecule has 0 atom stereocenters. The highest BCUT2D eigenvalue weighted by Crippen LogP contribution is 2.17. The van der Waals surface area contributed by atoms with Crippen LogP contribution in [-0.4, -0.2) is 18.3 Å². The Morgan fingerprint density at radius 1 is 0.893 bits per heavy atom. The van der Waals surface area contributed by atoms with Crippen LogP contribution in [0.4, 0.5) is 14.5 Å². The van der Waals surface area contributed by atoms with Gasteiger partial charge in [-0.2, -0.15) is 13.3 Å². The molecule has 0 spiro atoms. The molecule has 0 unspecified atom stereocenters. The van der Waals surface area contributed by atoms with Gasteiger partial charge in [-0.25, -0.2) is 0 Å². The van der Waals surface area contributed by atoms with E-state index in [2.05, 4.69) is 10.1 Å². The van der Waals surface area contributed by atoms with Crippen molar-refractivity contribution in [3.63, 3.8) is 0 Å². The summed E-state index contributed by atoms with van der Waals surface area (Å²) < 4.78 is 30.1. The Hall–Kier alpha value is -3.61. The number of carbonyl (C=O) groups is 2. The summed E-state index contributed by atoms with van der Waals surface area (Å²) >= 11 is 0. The smallest absolute Gasteiger partial charge is 0.387 e. The molecule has 2 aromatic carbocycles. The van der Waals surface area contributed by atoms with Crippen LogP contribution in [0.1, 0.15) is 15.9 Å².